The van der Waals surface area contributed by atoms with Crippen molar-refractivity contribution in [2.45, 2.75) is 42.4 Å². The van der Waals surface area contributed by atoms with Crippen LogP contribution in [0.5, 0.6) is 0 Å². The Balaban J connectivity index is 1.85. The molecule has 37 heavy (non-hydrogen) atoms. The van der Waals surface area contributed by atoms with E-state index < -0.39 is 81.0 Å². The molecule has 0 aliphatic carbocycles. The first-order chi connectivity index (χ1) is 16.9. The van der Waals surface area contributed by atoms with Crippen LogP contribution < -0.4 is 11.2 Å². The number of aromatic nitrogens is 2. The number of alkyl halides is 4. The van der Waals surface area contributed by atoms with Crippen molar-refractivity contribution < 1.29 is 60.8 Å². The summed E-state index contributed by atoms with van der Waals surface area (Å²) in [4.78, 5) is 51.5. The number of aliphatic hydroxyl groups excluding tert-OH is 2. The van der Waals surface area contributed by atoms with Gasteiger partial charge in [0.25, 0.3) is 11.5 Å². The van der Waals surface area contributed by atoms with Gasteiger partial charge in [0.05, 0.1) is 13.2 Å². The van der Waals surface area contributed by atoms with Crippen LogP contribution in [0.2, 0.25) is 0 Å². The van der Waals surface area contributed by atoms with Crippen LogP contribution in [0.25, 0.3) is 0 Å². The summed E-state index contributed by atoms with van der Waals surface area (Å²) < 4.78 is 88.8. The van der Waals surface area contributed by atoms with Crippen molar-refractivity contribution in [2.75, 3.05) is 6.61 Å². The van der Waals surface area contributed by atoms with E-state index in [1.54, 1.807) is 0 Å². The molecule has 1 saturated heterocycles. The van der Waals surface area contributed by atoms with Gasteiger partial charge in [-0.15, -0.1) is 0 Å². The molecule has 13 nitrogen and oxygen atoms in total. The lowest BCUT2D eigenvalue weighted by Crippen LogP contribution is -2.45. The fraction of sp³-hybridized carbons (Fsp3) is 0.444. The van der Waals surface area contributed by atoms with Gasteiger partial charge in [0.2, 0.25) is 0 Å². The molecule has 5 N–H and O–H groups in total. The molecule has 206 valence electrons. The number of rotatable bonds is 9. The third-order valence-corrected chi connectivity index (χ3v) is 8.78. The number of hydrogen-bond acceptors (Lipinski definition) is 8. The molecular weight excluding hydrogens is 558 g/mol. The smallest absolute Gasteiger partial charge is 0.387 e. The van der Waals surface area contributed by atoms with Gasteiger partial charge < -0.3 is 34.2 Å². The quantitative estimate of drug-likeness (QED) is 0.203. The van der Waals surface area contributed by atoms with Crippen LogP contribution in [0.15, 0.2) is 52.2 Å². The minimum absolute atomic E-state index is 0.127. The van der Waals surface area contributed by atoms with Crippen LogP contribution in [0.1, 0.15) is 11.8 Å². The highest BCUT2D eigenvalue weighted by molar-refractivity contribution is 7.72. The molecule has 1 aromatic carbocycles. The molecule has 1 aliphatic rings. The molecule has 0 amide bonds. The Morgan fingerprint density at radius 1 is 0.973 bits per heavy atom. The molecule has 0 saturated carbocycles. The first-order valence-electron chi connectivity index (χ1n) is 10.1. The van der Waals surface area contributed by atoms with E-state index in [4.69, 9.17) is 14.5 Å². The summed E-state index contributed by atoms with van der Waals surface area (Å²) in [6.07, 6.45) is -7.22. The van der Waals surface area contributed by atoms with Crippen molar-refractivity contribution in [3.8, 4) is 0 Å². The highest BCUT2D eigenvalue weighted by atomic mass is 31.2. The second-order valence-corrected chi connectivity index (χ2v) is 11.8. The van der Waals surface area contributed by atoms with E-state index in [2.05, 4.69) is 4.52 Å². The van der Waals surface area contributed by atoms with E-state index >= 15 is 0 Å². The lowest BCUT2D eigenvalue weighted by Gasteiger charge is -2.24. The van der Waals surface area contributed by atoms with E-state index in [-0.39, 0.29) is 4.57 Å². The first-order valence-corrected chi connectivity index (χ1v) is 13.3. The van der Waals surface area contributed by atoms with Crippen molar-refractivity contribution in [3.63, 3.8) is 0 Å². The van der Waals surface area contributed by atoms with E-state index in [1.165, 1.54) is 18.2 Å². The first kappa shape index (κ1) is 29.4. The summed E-state index contributed by atoms with van der Waals surface area (Å²) in [5.41, 5.74) is -3.07. The second-order valence-electron chi connectivity index (χ2n) is 7.92. The Labute approximate surface area is 203 Å². The maximum atomic E-state index is 14.7. The number of hydrogen-bond donors (Lipinski definition) is 5. The van der Waals surface area contributed by atoms with E-state index in [1.807, 2.05) is 0 Å². The zero-order valence-electron chi connectivity index (χ0n) is 18.3. The summed E-state index contributed by atoms with van der Waals surface area (Å²) in [6.45, 7) is -2.84. The Kier molecular flexibility index (Phi) is 8.07. The minimum atomic E-state index is -6.46. The molecule has 2 unspecified atom stereocenters. The van der Waals surface area contributed by atoms with Gasteiger partial charge in [-0.05, 0) is 0 Å². The molecule has 0 spiro atoms. The number of ether oxygens (including phenoxy) is 1. The predicted molar refractivity (Wildman–Crippen MR) is 114 cm³/mol. The van der Waals surface area contributed by atoms with Crippen molar-refractivity contribution in [2.24, 2.45) is 0 Å². The summed E-state index contributed by atoms with van der Waals surface area (Å²) in [5, 5.41) is 14.9. The Morgan fingerprint density at radius 3 is 2.14 bits per heavy atom. The molecule has 2 heterocycles. The lowest BCUT2D eigenvalue weighted by atomic mass is 10.1. The highest BCUT2D eigenvalue weighted by Crippen LogP contribution is 2.73. The van der Waals surface area contributed by atoms with Crippen molar-refractivity contribution in [1.29, 1.82) is 0 Å². The fourth-order valence-electron chi connectivity index (χ4n) is 3.36. The maximum Gasteiger partial charge on any atom is 0.443 e. The zero-order chi connectivity index (χ0) is 28.0. The summed E-state index contributed by atoms with van der Waals surface area (Å²) in [6, 6.07) is 6.89. The largest absolute Gasteiger partial charge is 0.443 e. The summed E-state index contributed by atoms with van der Waals surface area (Å²) in [5.74, 6) is -3.69. The normalized spacial score (nSPS) is 24.7. The predicted octanol–water partition coefficient (Wildman–Crippen LogP) is 0.351. The van der Waals surface area contributed by atoms with Gasteiger partial charge in [-0.2, -0.15) is 17.6 Å². The van der Waals surface area contributed by atoms with Crippen LogP contribution in [0, 0.1) is 0 Å². The Morgan fingerprint density at radius 2 is 1.57 bits per heavy atom. The SMILES string of the molecule is O=c1ccn([C@@H]2O[C@H](COP(=O)(O)C(F)(F)P(=O)(O)O)[C@H](O)C2O)c(=O)n1CC(F)(F)c1ccccc1. The zero-order valence-corrected chi connectivity index (χ0v) is 20.0. The molecule has 19 heteroatoms. The topological polar surface area (TPSA) is 198 Å². The molecule has 2 aromatic rings. The fourth-order valence-corrected chi connectivity index (χ4v) is 5.35. The van der Waals surface area contributed by atoms with Gasteiger partial charge in [0, 0.05) is 17.8 Å². The molecule has 0 bridgehead atoms. The maximum absolute atomic E-state index is 14.7. The molecule has 1 fully saturated rings. The van der Waals surface area contributed by atoms with Gasteiger partial charge in [-0.3, -0.25) is 23.1 Å². The van der Waals surface area contributed by atoms with E-state index in [0.717, 1.165) is 18.3 Å². The highest BCUT2D eigenvalue weighted by Gasteiger charge is 2.65. The van der Waals surface area contributed by atoms with Gasteiger partial charge in [0.15, 0.2) is 6.23 Å². The molecule has 1 aromatic heterocycles. The van der Waals surface area contributed by atoms with Crippen LogP contribution in [0.3, 0.4) is 0 Å². The average molecular weight is 578 g/mol. The summed E-state index contributed by atoms with van der Waals surface area (Å²) in [7, 11) is -12.8. The van der Waals surface area contributed by atoms with Crippen LogP contribution >= 0.6 is 15.2 Å². The second kappa shape index (κ2) is 10.2. The van der Waals surface area contributed by atoms with Crippen LogP contribution in [0.4, 0.5) is 17.6 Å². The number of benzene rings is 1. The van der Waals surface area contributed by atoms with Gasteiger partial charge in [0.1, 0.15) is 18.3 Å². The van der Waals surface area contributed by atoms with Gasteiger partial charge >= 0.3 is 26.3 Å². The van der Waals surface area contributed by atoms with Crippen LogP contribution in [-0.4, -0.2) is 64.4 Å². The third-order valence-electron chi connectivity index (χ3n) is 5.36. The molecule has 0 radical (unpaired) electrons. The third kappa shape index (κ3) is 5.65. The molecule has 1 aliphatic heterocycles. The van der Waals surface area contributed by atoms with Crippen molar-refractivity contribution in [3.05, 3.63) is 69.0 Å². The Hall–Kier alpha value is -2.20. The number of halogens is 4. The minimum Gasteiger partial charge on any atom is -0.387 e. The summed E-state index contributed by atoms with van der Waals surface area (Å²) >= 11 is 0. The van der Waals surface area contributed by atoms with E-state index in [0.29, 0.717) is 10.6 Å². The average Bonchev–Trinajstić information content (AvgIpc) is 3.09. The van der Waals surface area contributed by atoms with Gasteiger partial charge in [-0.25, -0.2) is 4.79 Å². The van der Waals surface area contributed by atoms with Gasteiger partial charge in [-0.1, -0.05) is 30.3 Å². The molecular formula is C18H20F4N2O11P2. The lowest BCUT2D eigenvalue weighted by molar-refractivity contribution is -0.0572. The molecule has 5 atom stereocenters. The van der Waals surface area contributed by atoms with Crippen LogP contribution in [-0.2, 0) is 30.9 Å². The van der Waals surface area contributed by atoms with E-state index in [9.17, 15) is 51.4 Å². The van der Waals surface area contributed by atoms with Crippen molar-refractivity contribution in [1.82, 2.24) is 9.13 Å². The standard InChI is InChI=1S/C18H20F4N2O11P2/c19-17(20,10-4-2-1-3-5-10)9-24-12(25)6-7-23(16(24)28)15-14(27)13(26)11(35-15)8-34-37(32,33)18(21,22)36(29,30)31/h1-7,11,13-15,26-27H,8-9H2,(H,32,33)(H2,29,30,31)/t11-,13+,14?,15-/m1/s1. The number of aliphatic hydroxyl groups is 2. The molecule has 3 rings (SSSR count). The van der Waals surface area contributed by atoms with Crippen molar-refractivity contribution >= 4 is 15.2 Å². The monoisotopic (exact) mass is 578 g/mol. The Bertz CT molecular complexity index is 1350. The number of nitrogens with zero attached hydrogens (tertiary/aromatic N) is 2.